The summed E-state index contributed by atoms with van der Waals surface area (Å²) in [5, 5.41) is 23.8. The molecule has 0 atom stereocenters. The van der Waals surface area contributed by atoms with E-state index in [2.05, 4.69) is 5.32 Å². The third-order valence-electron chi connectivity index (χ3n) is 5.43. The van der Waals surface area contributed by atoms with Crippen LogP contribution in [0.4, 0.5) is 5.69 Å². The highest BCUT2D eigenvalue weighted by molar-refractivity contribution is 6.14. The topological polar surface area (TPSA) is 86.6 Å². The summed E-state index contributed by atoms with van der Waals surface area (Å²) in [5.74, 6) is -1.07. The van der Waals surface area contributed by atoms with E-state index in [9.17, 15) is 19.8 Å². The van der Waals surface area contributed by atoms with E-state index in [1.807, 2.05) is 42.5 Å². The molecular formula is C28H23NO4. The van der Waals surface area contributed by atoms with Gasteiger partial charge in [-0.05, 0) is 76.4 Å². The number of carbonyl (C=O) groups excluding carboxylic acids is 1. The monoisotopic (exact) mass is 437 g/mol. The van der Waals surface area contributed by atoms with E-state index in [4.69, 9.17) is 0 Å². The Bertz CT molecular complexity index is 1390. The number of carboxylic acid groups (broad SMARTS) is 1. The second-order valence-corrected chi connectivity index (χ2v) is 7.70. The molecule has 0 bridgehead atoms. The van der Waals surface area contributed by atoms with Crippen molar-refractivity contribution in [3.8, 4) is 16.9 Å². The molecule has 0 heterocycles. The molecule has 164 valence electrons. The van der Waals surface area contributed by atoms with Gasteiger partial charge in [-0.25, -0.2) is 4.79 Å². The van der Waals surface area contributed by atoms with Gasteiger partial charge in [-0.3, -0.25) is 4.79 Å². The number of fused-ring (bicyclic) bond motifs is 1. The van der Waals surface area contributed by atoms with Gasteiger partial charge in [0.1, 0.15) is 5.75 Å². The van der Waals surface area contributed by atoms with E-state index >= 15 is 0 Å². The summed E-state index contributed by atoms with van der Waals surface area (Å²) in [6.07, 6.45) is 2.01. The molecule has 33 heavy (non-hydrogen) atoms. The average Bonchev–Trinajstić information content (AvgIpc) is 2.81. The molecule has 0 spiro atoms. The maximum Gasteiger partial charge on any atom is 0.331 e. The van der Waals surface area contributed by atoms with Crippen molar-refractivity contribution in [3.05, 3.63) is 102 Å². The fraction of sp³-hybridized carbons (Fsp3) is 0.0714. The summed E-state index contributed by atoms with van der Waals surface area (Å²) in [5.41, 5.74) is 3.70. The molecule has 5 nitrogen and oxygen atoms in total. The number of carbonyl (C=O) groups is 2. The minimum absolute atomic E-state index is 0.157. The molecular weight excluding hydrogens is 414 g/mol. The van der Waals surface area contributed by atoms with Gasteiger partial charge in [-0.15, -0.1) is 0 Å². The van der Waals surface area contributed by atoms with Crippen molar-refractivity contribution >= 4 is 34.4 Å². The second kappa shape index (κ2) is 9.40. The Morgan fingerprint density at radius 3 is 2.42 bits per heavy atom. The van der Waals surface area contributed by atoms with Gasteiger partial charge >= 0.3 is 5.97 Å². The van der Waals surface area contributed by atoms with Crippen molar-refractivity contribution < 1.29 is 19.8 Å². The summed E-state index contributed by atoms with van der Waals surface area (Å²) in [7, 11) is 0. The summed E-state index contributed by atoms with van der Waals surface area (Å²) < 4.78 is 0. The first-order valence-electron chi connectivity index (χ1n) is 10.6. The molecule has 5 heteroatoms. The van der Waals surface area contributed by atoms with Crippen LogP contribution in [0.2, 0.25) is 0 Å². The van der Waals surface area contributed by atoms with Crippen molar-refractivity contribution in [2.24, 2.45) is 0 Å². The minimum Gasteiger partial charge on any atom is -0.508 e. The number of carboxylic acids is 1. The Kier molecular flexibility index (Phi) is 6.22. The van der Waals surface area contributed by atoms with E-state index in [0.29, 0.717) is 28.8 Å². The lowest BCUT2D eigenvalue weighted by Gasteiger charge is -2.12. The lowest BCUT2D eigenvalue weighted by atomic mass is 9.96. The van der Waals surface area contributed by atoms with Crippen molar-refractivity contribution in [1.29, 1.82) is 0 Å². The number of phenols is 1. The molecule has 0 radical (unpaired) electrons. The molecule has 0 aliphatic carbocycles. The number of aliphatic carboxylic acids is 1. The van der Waals surface area contributed by atoms with E-state index in [-0.39, 0.29) is 11.7 Å². The SMILES string of the molecule is CCC(=Cc1cccc(NC(=O)c2cc(-c3cccc(O)c3)cc3ccccc23)c1)C(=O)O. The quantitative estimate of drug-likeness (QED) is 0.307. The standard InChI is InChI=1S/C28H23NO4/c1-2-19(28(32)33)13-18-7-5-10-23(14-18)29-27(31)26-17-22(20-9-6-11-24(30)16-20)15-21-8-3-4-12-25(21)26/h3-17,30H,2H2,1H3,(H,29,31)(H,32,33). The zero-order valence-corrected chi connectivity index (χ0v) is 18.1. The van der Waals surface area contributed by atoms with Gasteiger partial charge in [-0.1, -0.05) is 55.5 Å². The van der Waals surface area contributed by atoms with Gasteiger partial charge < -0.3 is 15.5 Å². The molecule has 0 unspecified atom stereocenters. The van der Waals surface area contributed by atoms with Crippen LogP contribution in [-0.4, -0.2) is 22.1 Å². The maximum absolute atomic E-state index is 13.3. The number of aromatic hydroxyl groups is 1. The number of hydrogen-bond donors (Lipinski definition) is 3. The molecule has 0 saturated carbocycles. The molecule has 0 aliphatic heterocycles. The Balaban J connectivity index is 1.72. The van der Waals surface area contributed by atoms with Gasteiger partial charge in [-0.2, -0.15) is 0 Å². The van der Waals surface area contributed by atoms with Crippen molar-refractivity contribution in [1.82, 2.24) is 0 Å². The van der Waals surface area contributed by atoms with Crippen LogP contribution in [0.5, 0.6) is 5.75 Å². The molecule has 0 aromatic heterocycles. The van der Waals surface area contributed by atoms with E-state index in [0.717, 1.165) is 21.9 Å². The van der Waals surface area contributed by atoms with Crippen molar-refractivity contribution in [2.45, 2.75) is 13.3 Å². The number of amides is 1. The molecule has 4 aromatic carbocycles. The first kappa shape index (κ1) is 21.8. The van der Waals surface area contributed by atoms with Crippen LogP contribution >= 0.6 is 0 Å². The number of hydrogen-bond acceptors (Lipinski definition) is 3. The van der Waals surface area contributed by atoms with Gasteiger partial charge in [0.25, 0.3) is 5.91 Å². The highest BCUT2D eigenvalue weighted by Gasteiger charge is 2.14. The zero-order chi connectivity index (χ0) is 23.4. The molecule has 4 aromatic rings. The molecule has 3 N–H and O–H groups in total. The summed E-state index contributed by atoms with van der Waals surface area (Å²) in [4.78, 5) is 24.6. The second-order valence-electron chi connectivity index (χ2n) is 7.70. The number of nitrogens with one attached hydrogen (secondary N) is 1. The first-order valence-corrected chi connectivity index (χ1v) is 10.6. The van der Waals surface area contributed by atoms with Crippen LogP contribution in [0.3, 0.4) is 0 Å². The Labute approximate surface area is 191 Å². The predicted molar refractivity (Wildman–Crippen MR) is 131 cm³/mol. The Morgan fingerprint density at radius 1 is 0.879 bits per heavy atom. The maximum atomic E-state index is 13.3. The number of anilines is 1. The van der Waals surface area contributed by atoms with Crippen LogP contribution in [0, 0.1) is 0 Å². The third kappa shape index (κ3) is 4.93. The fourth-order valence-corrected chi connectivity index (χ4v) is 3.77. The van der Waals surface area contributed by atoms with Crippen LogP contribution in [-0.2, 0) is 4.79 Å². The Hall–Kier alpha value is -4.38. The minimum atomic E-state index is -0.956. The zero-order valence-electron chi connectivity index (χ0n) is 18.1. The lowest BCUT2D eigenvalue weighted by Crippen LogP contribution is -2.12. The van der Waals surface area contributed by atoms with Gasteiger partial charge in [0, 0.05) is 16.8 Å². The predicted octanol–water partition coefficient (Wildman–Crippen LogP) is 6.34. The van der Waals surface area contributed by atoms with Crippen molar-refractivity contribution in [2.75, 3.05) is 5.32 Å². The van der Waals surface area contributed by atoms with Crippen LogP contribution in [0.15, 0.2) is 90.5 Å². The highest BCUT2D eigenvalue weighted by Crippen LogP contribution is 2.30. The average molecular weight is 437 g/mol. The molecule has 4 rings (SSSR count). The molecule has 0 aliphatic rings. The number of phenolic OH excluding ortho intramolecular Hbond substituents is 1. The smallest absolute Gasteiger partial charge is 0.331 e. The van der Waals surface area contributed by atoms with Crippen LogP contribution in [0.1, 0.15) is 29.3 Å². The molecule has 0 fully saturated rings. The molecule has 0 saturated heterocycles. The first-order chi connectivity index (χ1) is 15.9. The van der Waals surface area contributed by atoms with Gasteiger partial charge in [0.05, 0.1) is 0 Å². The summed E-state index contributed by atoms with van der Waals surface area (Å²) >= 11 is 0. The lowest BCUT2D eigenvalue weighted by molar-refractivity contribution is -0.132. The number of benzene rings is 4. The third-order valence-corrected chi connectivity index (χ3v) is 5.43. The van der Waals surface area contributed by atoms with Gasteiger partial charge in [0.2, 0.25) is 0 Å². The van der Waals surface area contributed by atoms with Crippen molar-refractivity contribution in [3.63, 3.8) is 0 Å². The molecule has 1 amide bonds. The number of rotatable bonds is 6. The highest BCUT2D eigenvalue weighted by atomic mass is 16.4. The van der Waals surface area contributed by atoms with E-state index in [1.54, 1.807) is 55.5 Å². The Morgan fingerprint density at radius 2 is 1.67 bits per heavy atom. The van der Waals surface area contributed by atoms with Crippen LogP contribution < -0.4 is 5.32 Å². The van der Waals surface area contributed by atoms with E-state index in [1.165, 1.54) is 0 Å². The van der Waals surface area contributed by atoms with Gasteiger partial charge in [0.15, 0.2) is 0 Å². The fourth-order valence-electron chi connectivity index (χ4n) is 3.77. The largest absolute Gasteiger partial charge is 0.508 e. The van der Waals surface area contributed by atoms with E-state index < -0.39 is 5.97 Å². The van der Waals surface area contributed by atoms with Crippen LogP contribution in [0.25, 0.3) is 28.0 Å². The summed E-state index contributed by atoms with van der Waals surface area (Å²) in [6, 6.07) is 25.5. The normalized spacial score (nSPS) is 11.4. The summed E-state index contributed by atoms with van der Waals surface area (Å²) in [6.45, 7) is 1.79.